The summed E-state index contributed by atoms with van der Waals surface area (Å²) in [5.41, 5.74) is 0.396. The van der Waals surface area contributed by atoms with Crippen molar-refractivity contribution in [1.29, 1.82) is 0 Å². The maximum absolute atomic E-state index is 12.2. The highest BCUT2D eigenvalue weighted by molar-refractivity contribution is 5.79. The zero-order valence-electron chi connectivity index (χ0n) is 15.7. The van der Waals surface area contributed by atoms with Gasteiger partial charge in [-0.1, -0.05) is 30.3 Å². The smallest absolute Gasteiger partial charge is 0.312 e. The van der Waals surface area contributed by atoms with Gasteiger partial charge in [-0.2, -0.15) is 0 Å². The topological polar surface area (TPSA) is 86.0 Å². The maximum atomic E-state index is 12.2. The van der Waals surface area contributed by atoms with Crippen LogP contribution < -0.4 is 5.32 Å². The van der Waals surface area contributed by atoms with E-state index in [0.717, 1.165) is 13.1 Å². The van der Waals surface area contributed by atoms with E-state index in [2.05, 4.69) is 22.3 Å². The fourth-order valence-electron chi connectivity index (χ4n) is 4.52. The number of rotatable bonds is 7. The summed E-state index contributed by atoms with van der Waals surface area (Å²) in [6, 6.07) is 13.7. The van der Waals surface area contributed by atoms with Crippen molar-refractivity contribution in [3.63, 3.8) is 0 Å². The number of hydrogen-bond donors (Lipinski definition) is 2. The van der Waals surface area contributed by atoms with Gasteiger partial charge in [0.1, 0.15) is 5.76 Å². The number of fused-ring (bicyclic) bond motifs is 1. The summed E-state index contributed by atoms with van der Waals surface area (Å²) in [4.78, 5) is 28.6. The lowest BCUT2D eigenvalue weighted by atomic mass is 9.81. The Labute approximate surface area is 163 Å². The molecule has 0 saturated carbocycles. The van der Waals surface area contributed by atoms with Crippen LogP contribution in [0.4, 0.5) is 0 Å². The van der Waals surface area contributed by atoms with Gasteiger partial charge in [-0.3, -0.25) is 19.4 Å². The van der Waals surface area contributed by atoms with Crippen molar-refractivity contribution in [2.24, 2.45) is 11.3 Å². The molecule has 2 aliphatic rings. The van der Waals surface area contributed by atoms with E-state index >= 15 is 0 Å². The molecule has 2 aromatic rings. The summed E-state index contributed by atoms with van der Waals surface area (Å²) >= 11 is 0. The minimum absolute atomic E-state index is 0.0339. The average molecular weight is 383 g/mol. The van der Waals surface area contributed by atoms with Gasteiger partial charge >= 0.3 is 5.97 Å². The first-order chi connectivity index (χ1) is 13.5. The van der Waals surface area contributed by atoms with Gasteiger partial charge in [0.15, 0.2) is 0 Å². The maximum Gasteiger partial charge on any atom is 0.312 e. The molecule has 2 aliphatic heterocycles. The van der Waals surface area contributed by atoms with Gasteiger partial charge in [-0.25, -0.2) is 0 Å². The number of nitrogens with one attached hydrogen (secondary N) is 1. The van der Waals surface area contributed by atoms with Crippen LogP contribution >= 0.6 is 0 Å². The molecule has 0 bridgehead atoms. The Kier molecular flexibility index (Phi) is 5.19. The van der Waals surface area contributed by atoms with E-state index in [9.17, 15) is 14.7 Å². The fourth-order valence-corrected chi connectivity index (χ4v) is 4.52. The molecule has 148 valence electrons. The monoisotopic (exact) mass is 383 g/mol. The van der Waals surface area contributed by atoms with Crippen LogP contribution in [0.15, 0.2) is 53.1 Å². The number of carboxylic acids is 1. The molecule has 1 aromatic carbocycles. The minimum Gasteiger partial charge on any atom is -0.481 e. The van der Waals surface area contributed by atoms with Gasteiger partial charge in [0, 0.05) is 38.6 Å². The normalized spacial score (nSPS) is 24.9. The van der Waals surface area contributed by atoms with Gasteiger partial charge in [0.25, 0.3) is 0 Å². The molecule has 28 heavy (non-hydrogen) atoms. The van der Waals surface area contributed by atoms with Crippen LogP contribution in [-0.2, 0) is 22.7 Å². The van der Waals surface area contributed by atoms with Crippen LogP contribution in [0.2, 0.25) is 0 Å². The predicted molar refractivity (Wildman–Crippen MR) is 102 cm³/mol. The number of carboxylic acid groups (broad SMARTS) is 1. The van der Waals surface area contributed by atoms with Crippen molar-refractivity contribution in [3.05, 3.63) is 60.1 Å². The Morgan fingerprint density at radius 2 is 1.86 bits per heavy atom. The lowest BCUT2D eigenvalue weighted by Crippen LogP contribution is -2.42. The number of furan rings is 1. The standard InChI is InChI=1S/C21H25N3O4/c25-19(22-9-18-7-4-8-28-18)13-24-12-17-11-23(10-16-5-2-1-3-6-16)14-21(17,15-24)20(26)27/h1-8,17H,9-15H2,(H,22,25)(H,26,27)/t17?,21-/m0/s1. The van der Waals surface area contributed by atoms with E-state index in [-0.39, 0.29) is 18.4 Å². The van der Waals surface area contributed by atoms with E-state index in [1.807, 2.05) is 23.1 Å². The fraction of sp³-hybridized carbons (Fsp3) is 0.429. The Hall–Kier alpha value is -2.64. The van der Waals surface area contributed by atoms with Gasteiger partial charge < -0.3 is 14.8 Å². The first-order valence-electron chi connectivity index (χ1n) is 9.56. The Bertz CT molecular complexity index is 823. The number of aliphatic carboxylic acids is 1. The Morgan fingerprint density at radius 3 is 2.54 bits per heavy atom. The molecule has 0 spiro atoms. The average Bonchev–Trinajstić information content (AvgIpc) is 3.36. The van der Waals surface area contributed by atoms with Crippen LogP contribution in [0.1, 0.15) is 11.3 Å². The first-order valence-corrected chi connectivity index (χ1v) is 9.56. The predicted octanol–water partition coefficient (Wildman–Crippen LogP) is 1.41. The molecule has 0 aliphatic carbocycles. The second-order valence-electron chi connectivity index (χ2n) is 7.84. The van der Waals surface area contributed by atoms with Crippen LogP contribution in [0.3, 0.4) is 0 Å². The summed E-state index contributed by atoms with van der Waals surface area (Å²) in [5.74, 6) is -0.138. The number of carbonyl (C=O) groups excluding carboxylic acids is 1. The molecule has 2 saturated heterocycles. The van der Waals surface area contributed by atoms with Crippen molar-refractivity contribution >= 4 is 11.9 Å². The SMILES string of the molecule is O=C(CN1CC2CN(Cc3ccccc3)C[C@]2(C(=O)O)C1)NCc1ccco1. The highest BCUT2D eigenvalue weighted by Gasteiger charge is 2.57. The summed E-state index contributed by atoms with van der Waals surface area (Å²) in [5, 5.41) is 12.8. The number of hydrogen-bond acceptors (Lipinski definition) is 5. The molecule has 4 rings (SSSR count). The largest absolute Gasteiger partial charge is 0.481 e. The highest BCUT2D eigenvalue weighted by Crippen LogP contribution is 2.43. The molecular weight excluding hydrogens is 358 g/mol. The number of benzene rings is 1. The molecule has 3 heterocycles. The van der Waals surface area contributed by atoms with Gasteiger partial charge in [-0.15, -0.1) is 0 Å². The second-order valence-corrected chi connectivity index (χ2v) is 7.84. The minimum atomic E-state index is -0.796. The quantitative estimate of drug-likeness (QED) is 0.752. The second kappa shape index (κ2) is 7.77. The zero-order valence-corrected chi connectivity index (χ0v) is 15.7. The van der Waals surface area contributed by atoms with Gasteiger partial charge in [-0.05, 0) is 17.7 Å². The summed E-state index contributed by atoms with van der Waals surface area (Å²) in [6.45, 7) is 3.62. The third-order valence-corrected chi connectivity index (χ3v) is 5.83. The molecule has 2 fully saturated rings. The van der Waals surface area contributed by atoms with Crippen molar-refractivity contribution in [3.8, 4) is 0 Å². The van der Waals surface area contributed by atoms with E-state index in [1.165, 1.54) is 5.56 Å². The molecule has 1 unspecified atom stereocenters. The molecule has 1 amide bonds. The number of amides is 1. The van der Waals surface area contributed by atoms with Gasteiger partial charge in [0.2, 0.25) is 5.91 Å². The zero-order chi connectivity index (χ0) is 19.6. The molecule has 7 heteroatoms. The number of likely N-dealkylation sites (tertiary alicyclic amines) is 2. The summed E-state index contributed by atoms with van der Waals surface area (Å²) < 4.78 is 5.21. The van der Waals surface area contributed by atoms with Crippen molar-refractivity contribution in [2.45, 2.75) is 13.1 Å². The molecule has 0 radical (unpaired) electrons. The Morgan fingerprint density at radius 1 is 1.11 bits per heavy atom. The lowest BCUT2D eigenvalue weighted by molar-refractivity contribution is -0.149. The van der Waals surface area contributed by atoms with Crippen LogP contribution in [0.25, 0.3) is 0 Å². The third-order valence-electron chi connectivity index (χ3n) is 5.83. The van der Waals surface area contributed by atoms with E-state index < -0.39 is 11.4 Å². The van der Waals surface area contributed by atoms with Crippen LogP contribution in [0, 0.1) is 11.3 Å². The van der Waals surface area contributed by atoms with E-state index in [1.54, 1.807) is 18.4 Å². The lowest BCUT2D eigenvalue weighted by Gasteiger charge is -2.25. The van der Waals surface area contributed by atoms with Crippen molar-refractivity contribution < 1.29 is 19.1 Å². The van der Waals surface area contributed by atoms with Crippen molar-refractivity contribution in [2.75, 3.05) is 32.7 Å². The molecule has 2 atom stereocenters. The highest BCUT2D eigenvalue weighted by atomic mass is 16.4. The summed E-state index contributed by atoms with van der Waals surface area (Å²) in [7, 11) is 0. The number of carbonyl (C=O) groups is 2. The molecule has 7 nitrogen and oxygen atoms in total. The first kappa shape index (κ1) is 18.7. The van der Waals surface area contributed by atoms with E-state index in [0.29, 0.717) is 31.9 Å². The van der Waals surface area contributed by atoms with E-state index in [4.69, 9.17) is 4.42 Å². The number of nitrogens with zero attached hydrogens (tertiary/aromatic N) is 2. The Balaban J connectivity index is 1.34. The molecule has 1 aromatic heterocycles. The van der Waals surface area contributed by atoms with Crippen LogP contribution in [0.5, 0.6) is 0 Å². The van der Waals surface area contributed by atoms with Gasteiger partial charge in [0.05, 0.1) is 24.8 Å². The summed E-state index contributed by atoms with van der Waals surface area (Å²) in [6.07, 6.45) is 1.57. The third kappa shape index (κ3) is 3.81. The van der Waals surface area contributed by atoms with Crippen molar-refractivity contribution in [1.82, 2.24) is 15.1 Å². The van der Waals surface area contributed by atoms with Crippen LogP contribution in [-0.4, -0.2) is 59.5 Å². The molecule has 2 N–H and O–H groups in total. The molecular formula is C21H25N3O4.